The van der Waals surface area contributed by atoms with Crippen LogP contribution in [0.1, 0.15) is 28.8 Å². The molecule has 0 radical (unpaired) electrons. The molecule has 1 spiro atoms. The van der Waals surface area contributed by atoms with Gasteiger partial charge in [-0.05, 0) is 44.1 Å². The van der Waals surface area contributed by atoms with Gasteiger partial charge < -0.3 is 9.47 Å². The summed E-state index contributed by atoms with van der Waals surface area (Å²) in [4.78, 5) is 28.1. The highest BCUT2D eigenvalue weighted by Crippen LogP contribution is 2.43. The number of fused-ring (bicyclic) bond motifs is 3. The largest absolute Gasteiger partial charge is 0.457 e. The van der Waals surface area contributed by atoms with Crippen molar-refractivity contribution in [3.63, 3.8) is 0 Å². The Morgan fingerprint density at radius 1 is 1.13 bits per heavy atom. The molecule has 2 bridgehead atoms. The topological polar surface area (TPSA) is 59.1 Å². The van der Waals surface area contributed by atoms with E-state index in [1.807, 2.05) is 12.1 Å². The van der Waals surface area contributed by atoms with Crippen molar-refractivity contribution >= 4 is 17.7 Å². The predicted molar refractivity (Wildman–Crippen MR) is 81.3 cm³/mol. The number of ether oxygens (including phenoxy) is 2. The van der Waals surface area contributed by atoms with Gasteiger partial charge in [-0.2, -0.15) is 0 Å². The molecule has 4 fully saturated rings. The summed E-state index contributed by atoms with van der Waals surface area (Å²) in [5.41, 5.74) is 1.87. The molecule has 6 rings (SSSR count). The molecule has 0 aromatic heterocycles. The molecule has 0 aliphatic carbocycles. The summed E-state index contributed by atoms with van der Waals surface area (Å²) in [7, 11) is 0. The Bertz CT molecular complexity index is 711. The second kappa shape index (κ2) is 4.47. The molecular weight excluding hydrogens is 296 g/mol. The number of hydrogen-bond acceptors (Lipinski definition) is 5. The van der Waals surface area contributed by atoms with Crippen molar-refractivity contribution in [2.75, 3.05) is 31.1 Å². The van der Waals surface area contributed by atoms with Crippen molar-refractivity contribution in [1.29, 1.82) is 0 Å². The minimum Gasteiger partial charge on any atom is -0.457 e. The third-order valence-electron chi connectivity index (χ3n) is 5.74. The fourth-order valence-electron chi connectivity index (χ4n) is 4.50. The summed E-state index contributed by atoms with van der Waals surface area (Å²) in [6.07, 6.45) is 1.94. The van der Waals surface area contributed by atoms with E-state index in [9.17, 15) is 9.59 Å². The third kappa shape index (κ3) is 1.84. The highest BCUT2D eigenvalue weighted by Gasteiger charge is 2.55. The van der Waals surface area contributed by atoms with E-state index in [1.54, 1.807) is 11.0 Å². The molecule has 1 aromatic rings. The number of carbonyl (C=O) groups is 2. The zero-order valence-corrected chi connectivity index (χ0v) is 12.8. The molecule has 1 aromatic carbocycles. The van der Waals surface area contributed by atoms with E-state index < -0.39 is 0 Å². The number of piperidine rings is 3. The number of esters is 1. The highest BCUT2D eigenvalue weighted by molar-refractivity contribution is 5.96. The van der Waals surface area contributed by atoms with E-state index in [1.165, 1.54) is 0 Å². The van der Waals surface area contributed by atoms with Crippen LogP contribution in [-0.4, -0.2) is 48.7 Å². The quantitative estimate of drug-likeness (QED) is 0.740. The summed E-state index contributed by atoms with van der Waals surface area (Å²) < 4.78 is 10.9. The van der Waals surface area contributed by atoms with Crippen LogP contribution in [0.2, 0.25) is 0 Å². The van der Waals surface area contributed by atoms with E-state index in [0.717, 1.165) is 43.7 Å². The fraction of sp³-hybridized carbons (Fsp3) is 0.529. The number of anilines is 1. The maximum Gasteiger partial charge on any atom is 0.415 e. The van der Waals surface area contributed by atoms with Gasteiger partial charge in [0.15, 0.2) is 0 Å². The van der Waals surface area contributed by atoms with Gasteiger partial charge in [0, 0.05) is 23.7 Å². The van der Waals surface area contributed by atoms with Crippen molar-refractivity contribution in [3.8, 4) is 0 Å². The fourth-order valence-corrected chi connectivity index (χ4v) is 4.50. The lowest BCUT2D eigenvalue weighted by Gasteiger charge is -2.49. The molecule has 1 atom stereocenters. The van der Waals surface area contributed by atoms with Gasteiger partial charge in [0.05, 0.1) is 12.1 Å². The Morgan fingerprint density at radius 2 is 1.96 bits per heavy atom. The number of carbonyl (C=O) groups excluding carboxylic acids is 2. The second-order valence-corrected chi connectivity index (χ2v) is 6.99. The summed E-state index contributed by atoms with van der Waals surface area (Å²) in [6.45, 7) is 3.95. The Hall–Kier alpha value is -2.08. The van der Waals surface area contributed by atoms with Crippen LogP contribution in [-0.2, 0) is 16.1 Å². The van der Waals surface area contributed by atoms with Crippen LogP contribution in [0.5, 0.6) is 0 Å². The van der Waals surface area contributed by atoms with Gasteiger partial charge in [-0.1, -0.05) is 0 Å². The Balaban J connectivity index is 1.46. The first-order valence-corrected chi connectivity index (χ1v) is 8.18. The van der Waals surface area contributed by atoms with Gasteiger partial charge >= 0.3 is 12.1 Å². The number of nitrogens with zero attached hydrogens (tertiary/aromatic N) is 2. The SMILES string of the molecule is O=C1OCc2cc(N3C[C@@]4(CN5CCC4CC5)OC3=O)ccc21. The Kier molecular flexibility index (Phi) is 2.60. The average molecular weight is 314 g/mol. The van der Waals surface area contributed by atoms with Crippen LogP contribution in [0, 0.1) is 5.92 Å². The minimum atomic E-state index is -0.362. The van der Waals surface area contributed by atoms with Gasteiger partial charge in [0.2, 0.25) is 0 Å². The minimum absolute atomic E-state index is 0.274. The first-order chi connectivity index (χ1) is 11.1. The second-order valence-electron chi connectivity index (χ2n) is 6.99. The molecule has 120 valence electrons. The maximum absolute atomic E-state index is 12.5. The van der Waals surface area contributed by atoms with Crippen molar-refractivity contribution in [2.24, 2.45) is 5.92 Å². The lowest BCUT2D eigenvalue weighted by atomic mass is 9.75. The average Bonchev–Trinajstić information content (AvgIpc) is 3.09. The zero-order valence-electron chi connectivity index (χ0n) is 12.8. The molecule has 1 amide bonds. The molecule has 5 heterocycles. The van der Waals surface area contributed by atoms with Crippen molar-refractivity contribution < 1.29 is 19.1 Å². The summed E-state index contributed by atoms with van der Waals surface area (Å²) >= 11 is 0. The number of benzene rings is 1. The first kappa shape index (κ1) is 13.4. The molecule has 0 unspecified atom stereocenters. The van der Waals surface area contributed by atoms with Crippen LogP contribution < -0.4 is 4.90 Å². The number of hydrogen-bond donors (Lipinski definition) is 0. The van der Waals surface area contributed by atoms with Crippen molar-refractivity contribution in [1.82, 2.24) is 4.90 Å². The third-order valence-corrected chi connectivity index (χ3v) is 5.74. The number of rotatable bonds is 1. The van der Waals surface area contributed by atoms with E-state index in [0.29, 0.717) is 18.0 Å². The first-order valence-electron chi connectivity index (χ1n) is 8.18. The number of cyclic esters (lactones) is 1. The standard InChI is InChI=1S/C17H18N2O4/c20-15-14-2-1-13(7-11(14)8-22-15)19-10-17(23-16(19)21)9-18-5-3-12(17)4-6-18/h1-2,7,12H,3-6,8-10H2/t17-/m1/s1. The van der Waals surface area contributed by atoms with E-state index >= 15 is 0 Å². The van der Waals surface area contributed by atoms with Gasteiger partial charge in [-0.15, -0.1) is 0 Å². The summed E-state index contributed by atoms with van der Waals surface area (Å²) in [5.74, 6) is 0.171. The smallest absolute Gasteiger partial charge is 0.415 e. The van der Waals surface area contributed by atoms with Crippen LogP contribution in [0.4, 0.5) is 10.5 Å². The van der Waals surface area contributed by atoms with E-state index in [4.69, 9.17) is 9.47 Å². The van der Waals surface area contributed by atoms with Crippen LogP contribution >= 0.6 is 0 Å². The van der Waals surface area contributed by atoms with Crippen molar-refractivity contribution in [2.45, 2.75) is 25.0 Å². The number of amides is 1. The van der Waals surface area contributed by atoms with Crippen LogP contribution in [0.25, 0.3) is 0 Å². The summed E-state index contributed by atoms with van der Waals surface area (Å²) in [5, 5.41) is 0. The molecule has 6 nitrogen and oxygen atoms in total. The molecule has 23 heavy (non-hydrogen) atoms. The summed E-state index contributed by atoms with van der Waals surface area (Å²) in [6, 6.07) is 5.43. The normalized spacial score (nSPS) is 34.7. The molecule has 5 aliphatic rings. The Labute approximate surface area is 133 Å². The van der Waals surface area contributed by atoms with Crippen LogP contribution in [0.15, 0.2) is 18.2 Å². The predicted octanol–water partition coefficient (Wildman–Crippen LogP) is 1.78. The molecule has 0 saturated carbocycles. The molecule has 6 heteroatoms. The van der Waals surface area contributed by atoms with Crippen LogP contribution in [0.3, 0.4) is 0 Å². The molecule has 5 aliphatic heterocycles. The monoisotopic (exact) mass is 314 g/mol. The van der Waals surface area contributed by atoms with Crippen molar-refractivity contribution in [3.05, 3.63) is 29.3 Å². The van der Waals surface area contributed by atoms with Gasteiger partial charge in [0.25, 0.3) is 0 Å². The lowest BCUT2D eigenvalue weighted by Crippen LogP contribution is -2.61. The molecule has 4 saturated heterocycles. The zero-order chi connectivity index (χ0) is 15.6. The lowest BCUT2D eigenvalue weighted by molar-refractivity contribution is -0.0881. The van der Waals surface area contributed by atoms with Gasteiger partial charge in [-0.25, -0.2) is 9.59 Å². The van der Waals surface area contributed by atoms with Gasteiger partial charge in [-0.3, -0.25) is 9.80 Å². The van der Waals surface area contributed by atoms with Gasteiger partial charge in [0.1, 0.15) is 12.2 Å². The van der Waals surface area contributed by atoms with E-state index in [-0.39, 0.29) is 24.3 Å². The van der Waals surface area contributed by atoms with E-state index in [2.05, 4.69) is 4.90 Å². The molecular formula is C17H18N2O4. The molecule has 0 N–H and O–H groups in total. The maximum atomic E-state index is 12.5. The Morgan fingerprint density at radius 3 is 2.70 bits per heavy atom. The highest BCUT2D eigenvalue weighted by atomic mass is 16.6.